The molecule has 4 aromatic carbocycles. The second-order valence-electron chi connectivity index (χ2n) is 13.4. The van der Waals surface area contributed by atoms with Gasteiger partial charge in [0.05, 0.1) is 73.1 Å². The zero-order valence-corrected chi connectivity index (χ0v) is 44.9. The summed E-state index contributed by atoms with van der Waals surface area (Å²) in [5.41, 5.74) is 2.75. The Balaban J connectivity index is 0.000000584. The molecule has 62 heavy (non-hydrogen) atoms. The van der Waals surface area contributed by atoms with Crippen molar-refractivity contribution in [3.63, 3.8) is 0 Å². The number of imidazole rings is 2. The van der Waals surface area contributed by atoms with Crippen molar-refractivity contribution in [1.82, 2.24) is 19.1 Å². The predicted molar refractivity (Wildman–Crippen MR) is 240 cm³/mol. The van der Waals surface area contributed by atoms with Gasteiger partial charge in [-0.25, -0.2) is 26.4 Å². The van der Waals surface area contributed by atoms with Gasteiger partial charge in [-0.1, -0.05) is 24.3 Å². The Morgan fingerprint density at radius 3 is 1.45 bits per heavy atom. The van der Waals surface area contributed by atoms with Crippen LogP contribution in [0.2, 0.25) is 0 Å². The summed E-state index contributed by atoms with van der Waals surface area (Å²) in [6, 6.07) is 19.1. The van der Waals surface area contributed by atoms with E-state index in [1.54, 1.807) is 66.7 Å². The van der Waals surface area contributed by atoms with Crippen LogP contribution in [0.15, 0.2) is 86.9 Å². The average molecular weight is 1300 g/mol. The number of nitrogens with zero attached hydrogens (tertiary/aromatic N) is 2. The fraction of sp³-hybridized carbons (Fsp3) is 0.310. The number of hydrogen-bond donors (Lipinski definition) is 2. The molecule has 0 spiro atoms. The molecule has 15 nitrogen and oxygen atoms in total. The maximum absolute atomic E-state index is 12.9. The minimum atomic E-state index is -3.46. The maximum Gasteiger partial charge on any atom is 0.327 e. The second kappa shape index (κ2) is 23.6. The van der Waals surface area contributed by atoms with Gasteiger partial charge < -0.3 is 43.8 Å². The number of aromatic amines is 2. The Hall–Kier alpha value is -3.95. The molecule has 0 saturated carbocycles. The van der Waals surface area contributed by atoms with E-state index in [0.29, 0.717) is 75.0 Å². The van der Waals surface area contributed by atoms with Crippen LogP contribution in [0.3, 0.4) is 0 Å². The zero-order chi connectivity index (χ0) is 42.5. The normalized spacial score (nSPS) is 11.9. The van der Waals surface area contributed by atoms with Gasteiger partial charge in [-0.2, -0.15) is 0 Å². The number of benzene rings is 4. The third-order valence-corrected chi connectivity index (χ3v) is 11.6. The van der Waals surface area contributed by atoms with Gasteiger partial charge in [0.25, 0.3) is 0 Å². The molecule has 0 bridgehead atoms. The summed E-state index contributed by atoms with van der Waals surface area (Å²) in [5, 5.41) is 0. The standard InChI is InChI=1S/C21H24N2O6S.C19H21BrN2O5S.2CH3.2W/c1-5-29-19-11-14(9-10-18(19)28-3)17(12-30(4,26)27)23-16-8-6-7-15(13(2)24)20(16)22-21(23)25;1-4-27-17-10-12(8-9-16(17)26-2)15(11-28(3,24)25)22-14-7-5-6-13(20)18(14)21-19(22)23;;;;/h6-11,17H,5,12H2,1-4H3,(H,22,25);5-10,15H,4,11H2,1-3H3,(H,21,23);2*1H3;;/q;;2*-1;;/t17-;15-;;;;/m11..../s1. The number of ketones is 1. The number of hydrogen-bond acceptors (Lipinski definition) is 11. The van der Waals surface area contributed by atoms with E-state index in [1.807, 2.05) is 19.9 Å². The van der Waals surface area contributed by atoms with Gasteiger partial charge in [-0.15, -0.1) is 0 Å². The first kappa shape index (κ1) is 56.1. The molecule has 0 saturated heterocycles. The van der Waals surface area contributed by atoms with E-state index in [1.165, 1.54) is 30.3 Å². The smallest absolute Gasteiger partial charge is 0.327 e. The molecule has 338 valence electrons. The van der Waals surface area contributed by atoms with E-state index < -0.39 is 37.4 Å². The van der Waals surface area contributed by atoms with Crippen LogP contribution in [0.5, 0.6) is 23.0 Å². The Bertz CT molecular complexity index is 2820. The zero-order valence-electron chi connectivity index (χ0n) is 35.8. The molecule has 0 unspecified atom stereocenters. The van der Waals surface area contributed by atoms with Crippen molar-refractivity contribution in [2.75, 3.05) is 51.5 Å². The topological polar surface area (TPSA) is 198 Å². The van der Waals surface area contributed by atoms with Gasteiger partial charge in [0, 0.05) is 64.7 Å². The summed E-state index contributed by atoms with van der Waals surface area (Å²) in [6.07, 6.45) is 2.27. The van der Waals surface area contributed by atoms with Crippen molar-refractivity contribution in [1.29, 1.82) is 0 Å². The summed E-state index contributed by atoms with van der Waals surface area (Å²) in [5.74, 6) is 1.26. The number of rotatable bonds is 15. The van der Waals surface area contributed by atoms with Gasteiger partial charge >= 0.3 is 11.4 Å². The van der Waals surface area contributed by atoms with E-state index in [0.717, 1.165) is 17.0 Å². The van der Waals surface area contributed by atoms with Crippen molar-refractivity contribution >= 4 is 63.5 Å². The number of methoxy groups -OCH3 is 2. The van der Waals surface area contributed by atoms with E-state index in [2.05, 4.69) is 25.9 Å². The van der Waals surface area contributed by atoms with Crippen molar-refractivity contribution < 1.29 is 82.7 Å². The number of H-pyrrole nitrogens is 2. The van der Waals surface area contributed by atoms with Gasteiger partial charge in [0.2, 0.25) is 0 Å². The molecular weight excluding hydrogens is 1250 g/mol. The first-order chi connectivity index (χ1) is 27.4. The molecule has 0 amide bonds. The number of ether oxygens (including phenoxy) is 4. The Labute approximate surface area is 399 Å². The SMILES string of the molecule is CCOc1cc([C@@H](CS(C)(=O)=O)n2c(=O)[nH]c3c(Br)cccc32)ccc1OC.CCOc1cc([C@@H](CS(C)(=O)=O)n2c(=O)[nH]c3c(C(C)=O)cccc32)ccc1OC.[CH3-].[CH3-].[W].[W]. The number of carbonyl (C=O) groups is 1. The summed E-state index contributed by atoms with van der Waals surface area (Å²) in [4.78, 5) is 43.1. The summed E-state index contributed by atoms with van der Waals surface area (Å²) >= 11 is 3.42. The van der Waals surface area contributed by atoms with E-state index in [9.17, 15) is 31.2 Å². The van der Waals surface area contributed by atoms with Crippen LogP contribution < -0.4 is 30.3 Å². The number of carbonyl (C=O) groups excluding carboxylic acids is 1. The quantitative estimate of drug-likeness (QED) is 0.0830. The number of nitrogens with one attached hydrogen (secondary N) is 2. The van der Waals surface area contributed by atoms with E-state index in [-0.39, 0.29) is 80.0 Å². The predicted octanol–water partition coefficient (Wildman–Crippen LogP) is 6.60. The molecule has 2 atom stereocenters. The minimum absolute atomic E-state index is 0. The van der Waals surface area contributed by atoms with Crippen LogP contribution in [-0.4, -0.2) is 93.2 Å². The largest absolute Gasteiger partial charge is 0.493 e. The Kier molecular flexibility index (Phi) is 21.4. The van der Waals surface area contributed by atoms with Crippen LogP contribution >= 0.6 is 15.9 Å². The maximum atomic E-state index is 12.9. The molecule has 6 aromatic rings. The van der Waals surface area contributed by atoms with Gasteiger partial charge in [-0.3, -0.25) is 13.9 Å². The van der Waals surface area contributed by atoms with Crippen molar-refractivity contribution in [2.24, 2.45) is 0 Å². The van der Waals surface area contributed by atoms with Crippen molar-refractivity contribution in [3.05, 3.63) is 130 Å². The molecule has 20 heteroatoms. The average Bonchev–Trinajstić information content (AvgIpc) is 3.68. The van der Waals surface area contributed by atoms with Gasteiger partial charge in [0.15, 0.2) is 28.8 Å². The molecule has 0 aliphatic rings. The number of Topliss-reactive ketones (excluding diaryl/α,β-unsaturated/α-hetero) is 1. The van der Waals surface area contributed by atoms with E-state index >= 15 is 0 Å². The molecule has 0 aliphatic carbocycles. The van der Waals surface area contributed by atoms with Crippen molar-refractivity contribution in [2.45, 2.75) is 32.9 Å². The third kappa shape index (κ3) is 13.1. The van der Waals surface area contributed by atoms with Crippen LogP contribution in [0.1, 0.15) is 54.3 Å². The third-order valence-electron chi connectivity index (χ3n) is 9.12. The molecule has 0 aliphatic heterocycles. The number of fused-ring (bicyclic) bond motifs is 2. The number of sulfone groups is 2. The van der Waals surface area contributed by atoms with Gasteiger partial charge in [-0.05, 0) is 96.4 Å². The second-order valence-corrected chi connectivity index (χ2v) is 18.6. The van der Waals surface area contributed by atoms with Crippen LogP contribution in [-0.2, 0) is 61.8 Å². The first-order valence-corrected chi connectivity index (χ1v) is 22.9. The molecular formula is C42H51BrN4O11S2W2-2. The summed E-state index contributed by atoms with van der Waals surface area (Å²) in [6.45, 7) is 5.91. The summed E-state index contributed by atoms with van der Waals surface area (Å²) in [7, 11) is -3.81. The molecule has 0 radical (unpaired) electrons. The van der Waals surface area contributed by atoms with Gasteiger partial charge in [0.1, 0.15) is 19.7 Å². The van der Waals surface area contributed by atoms with Crippen LogP contribution in [0, 0.1) is 14.9 Å². The molecule has 0 fully saturated rings. The minimum Gasteiger partial charge on any atom is -0.493 e. The number of halogens is 1. The molecule has 2 aromatic heterocycles. The van der Waals surface area contributed by atoms with E-state index in [4.69, 9.17) is 18.9 Å². The first-order valence-electron chi connectivity index (χ1n) is 18.0. The molecule has 2 N–H and O–H groups in total. The monoisotopic (exact) mass is 1300 g/mol. The fourth-order valence-electron chi connectivity index (χ4n) is 6.73. The number of para-hydroxylation sites is 2. The fourth-order valence-corrected chi connectivity index (χ4v) is 9.01. The van der Waals surface area contributed by atoms with Crippen LogP contribution in [0.25, 0.3) is 22.1 Å². The number of aromatic nitrogens is 4. The molecule has 6 rings (SSSR count). The molecule has 2 heterocycles. The van der Waals surface area contributed by atoms with Crippen molar-refractivity contribution in [3.8, 4) is 23.0 Å². The Morgan fingerprint density at radius 2 is 1.06 bits per heavy atom. The Morgan fingerprint density at radius 1 is 0.661 bits per heavy atom. The van der Waals surface area contributed by atoms with Crippen LogP contribution in [0.4, 0.5) is 0 Å². The summed E-state index contributed by atoms with van der Waals surface area (Å²) < 4.78 is 74.2.